The fraction of sp³-hybridized carbons (Fsp3) is 0.700. The van der Waals surface area contributed by atoms with Crippen LogP contribution in [0.5, 0.6) is 0 Å². The summed E-state index contributed by atoms with van der Waals surface area (Å²) in [7, 11) is 0. The minimum absolute atomic E-state index is 0.225. The molecule has 0 bridgehead atoms. The molecule has 0 unspecified atom stereocenters. The van der Waals surface area contributed by atoms with Crippen molar-refractivity contribution in [1.29, 1.82) is 0 Å². The van der Waals surface area contributed by atoms with Crippen LogP contribution in [0.15, 0.2) is 30.3 Å². The largest absolute Gasteiger partial charge is 0.444 e. The van der Waals surface area contributed by atoms with E-state index in [9.17, 15) is 19.5 Å². The lowest BCUT2D eigenvalue weighted by Crippen LogP contribution is -2.56. The average molecular weight is 547 g/mol. The SMILES string of the molecule is CCCC[C@H](NC(=O)[C@H](Cc1ccccc1)NC(=O)OC(C)(C)C)C(=O)[C@@H](CC1CCCCC1)[C@H](O)C(N)N. The van der Waals surface area contributed by atoms with Crippen molar-refractivity contribution >= 4 is 17.8 Å². The number of amides is 2. The van der Waals surface area contributed by atoms with Crippen LogP contribution in [0.1, 0.15) is 91.0 Å². The van der Waals surface area contributed by atoms with Crippen molar-refractivity contribution < 1.29 is 24.2 Å². The lowest BCUT2D eigenvalue weighted by molar-refractivity contribution is -0.134. The average Bonchev–Trinajstić information content (AvgIpc) is 2.88. The van der Waals surface area contributed by atoms with E-state index in [-0.39, 0.29) is 12.2 Å². The molecule has 0 heterocycles. The molecule has 220 valence electrons. The van der Waals surface area contributed by atoms with Gasteiger partial charge < -0.3 is 31.9 Å². The van der Waals surface area contributed by atoms with Crippen LogP contribution < -0.4 is 22.1 Å². The van der Waals surface area contributed by atoms with E-state index in [0.29, 0.717) is 25.2 Å². The minimum Gasteiger partial charge on any atom is -0.444 e. The van der Waals surface area contributed by atoms with Crippen LogP contribution in [0.2, 0.25) is 0 Å². The molecule has 0 spiro atoms. The van der Waals surface area contributed by atoms with Gasteiger partial charge in [-0.25, -0.2) is 4.79 Å². The molecule has 2 amide bonds. The first kappa shape index (κ1) is 32.7. The lowest BCUT2D eigenvalue weighted by Gasteiger charge is -2.33. The van der Waals surface area contributed by atoms with E-state index in [2.05, 4.69) is 10.6 Å². The topological polar surface area (TPSA) is 157 Å². The summed E-state index contributed by atoms with van der Waals surface area (Å²) in [6.07, 6.45) is 5.07. The Morgan fingerprint density at radius 2 is 1.67 bits per heavy atom. The van der Waals surface area contributed by atoms with Crippen LogP contribution in [-0.2, 0) is 20.7 Å². The number of hydrogen-bond acceptors (Lipinski definition) is 7. The highest BCUT2D eigenvalue weighted by molar-refractivity contribution is 5.93. The van der Waals surface area contributed by atoms with Gasteiger partial charge in [0.05, 0.1) is 18.3 Å². The minimum atomic E-state index is -1.21. The Hall–Kier alpha value is -2.49. The smallest absolute Gasteiger partial charge is 0.408 e. The van der Waals surface area contributed by atoms with Gasteiger partial charge in [0.2, 0.25) is 5.91 Å². The first-order valence-corrected chi connectivity index (χ1v) is 14.5. The van der Waals surface area contributed by atoms with Gasteiger partial charge in [-0.1, -0.05) is 82.2 Å². The number of hydrogen-bond donors (Lipinski definition) is 5. The van der Waals surface area contributed by atoms with Crippen LogP contribution in [0, 0.1) is 11.8 Å². The fourth-order valence-corrected chi connectivity index (χ4v) is 5.21. The number of rotatable bonds is 14. The number of aliphatic hydroxyl groups excluding tert-OH is 1. The molecule has 2 rings (SSSR count). The van der Waals surface area contributed by atoms with Crippen molar-refractivity contribution in [3.63, 3.8) is 0 Å². The predicted molar refractivity (Wildman–Crippen MR) is 153 cm³/mol. The van der Waals surface area contributed by atoms with Crippen LogP contribution in [0.3, 0.4) is 0 Å². The molecule has 9 heteroatoms. The molecule has 4 atom stereocenters. The third-order valence-corrected chi connectivity index (χ3v) is 7.28. The number of nitrogens with two attached hydrogens (primary N) is 2. The summed E-state index contributed by atoms with van der Waals surface area (Å²) in [4.78, 5) is 40.1. The summed E-state index contributed by atoms with van der Waals surface area (Å²) < 4.78 is 5.40. The molecule has 1 saturated carbocycles. The third-order valence-electron chi connectivity index (χ3n) is 7.28. The van der Waals surface area contributed by atoms with E-state index < -0.39 is 47.9 Å². The Balaban J connectivity index is 2.27. The number of carbonyl (C=O) groups excluding carboxylic acids is 3. The molecular weight excluding hydrogens is 496 g/mol. The molecule has 1 aromatic rings. The Morgan fingerprint density at radius 1 is 1.03 bits per heavy atom. The van der Waals surface area contributed by atoms with Gasteiger partial charge >= 0.3 is 6.09 Å². The van der Waals surface area contributed by atoms with Crippen LogP contribution >= 0.6 is 0 Å². The van der Waals surface area contributed by atoms with Gasteiger partial charge in [0.25, 0.3) is 0 Å². The number of benzene rings is 1. The summed E-state index contributed by atoms with van der Waals surface area (Å²) >= 11 is 0. The maximum Gasteiger partial charge on any atom is 0.408 e. The van der Waals surface area contributed by atoms with Crippen LogP contribution in [-0.4, -0.2) is 52.8 Å². The van der Waals surface area contributed by atoms with Crippen LogP contribution in [0.4, 0.5) is 4.79 Å². The Bertz CT molecular complexity index is 896. The van der Waals surface area contributed by atoms with Gasteiger partial charge in [0.1, 0.15) is 11.6 Å². The zero-order valence-electron chi connectivity index (χ0n) is 24.2. The number of unbranched alkanes of at least 4 members (excludes halogenated alkanes) is 1. The summed E-state index contributed by atoms with van der Waals surface area (Å²) in [5.74, 6) is -1.21. The number of nitrogens with one attached hydrogen (secondary N) is 2. The van der Waals surface area contributed by atoms with Gasteiger partial charge in [-0.15, -0.1) is 0 Å². The number of Topliss-reactive ketones (excluding diaryl/α,β-unsaturated/α-hetero) is 1. The van der Waals surface area contributed by atoms with Gasteiger partial charge in [-0.3, -0.25) is 9.59 Å². The fourth-order valence-electron chi connectivity index (χ4n) is 5.21. The third kappa shape index (κ3) is 11.6. The van der Waals surface area contributed by atoms with Crippen molar-refractivity contribution in [2.75, 3.05) is 0 Å². The molecule has 1 aromatic carbocycles. The lowest BCUT2D eigenvalue weighted by atomic mass is 9.77. The molecule has 0 radical (unpaired) electrons. The highest BCUT2D eigenvalue weighted by Gasteiger charge is 2.37. The molecule has 0 aliphatic heterocycles. The molecule has 39 heavy (non-hydrogen) atoms. The van der Waals surface area contributed by atoms with Gasteiger partial charge in [-0.2, -0.15) is 0 Å². The second-order valence-electron chi connectivity index (χ2n) is 11.9. The Labute approximate surface area is 233 Å². The van der Waals surface area contributed by atoms with E-state index in [1.807, 2.05) is 37.3 Å². The molecule has 1 fully saturated rings. The summed E-state index contributed by atoms with van der Waals surface area (Å²) in [5.41, 5.74) is 11.8. The number of ketones is 1. The first-order valence-electron chi connectivity index (χ1n) is 14.5. The number of aliphatic hydroxyl groups is 1. The Morgan fingerprint density at radius 3 is 2.23 bits per heavy atom. The van der Waals surface area contributed by atoms with Crippen molar-refractivity contribution in [3.05, 3.63) is 35.9 Å². The quantitative estimate of drug-likeness (QED) is 0.223. The highest BCUT2D eigenvalue weighted by atomic mass is 16.6. The van der Waals surface area contributed by atoms with Crippen molar-refractivity contribution in [2.45, 2.75) is 122 Å². The standard InChI is InChI=1S/C30H50N4O5/c1-5-6-17-23(25(35)22(26(36)27(31)32)18-20-13-9-7-10-14-20)33-28(37)24(19-21-15-11-8-12-16-21)34-29(38)39-30(2,3)4/h8,11-12,15-16,20,22-24,26-27,36H,5-7,9-10,13-14,17-19,31-32H2,1-4H3,(H,33,37)(H,34,38)/t22-,23+,24+,26+/m1/s1. The molecule has 0 saturated heterocycles. The molecular formula is C30H50N4O5. The van der Waals surface area contributed by atoms with Crippen molar-refractivity contribution in [1.82, 2.24) is 10.6 Å². The summed E-state index contributed by atoms with van der Waals surface area (Å²) in [5, 5.41) is 16.5. The monoisotopic (exact) mass is 546 g/mol. The van der Waals surface area contributed by atoms with Gasteiger partial charge in [0.15, 0.2) is 5.78 Å². The van der Waals surface area contributed by atoms with Gasteiger partial charge in [-0.05, 0) is 45.1 Å². The molecule has 1 aliphatic rings. The van der Waals surface area contributed by atoms with E-state index in [0.717, 1.165) is 37.7 Å². The number of carbonyl (C=O) groups is 3. The van der Waals surface area contributed by atoms with E-state index in [1.54, 1.807) is 20.8 Å². The molecule has 9 nitrogen and oxygen atoms in total. The Kier molecular flexibility index (Phi) is 13.4. The normalized spacial score (nSPS) is 17.6. The number of alkyl carbamates (subject to hydrolysis) is 1. The summed E-state index contributed by atoms with van der Waals surface area (Å²) in [6, 6.07) is 7.54. The van der Waals surface area contributed by atoms with E-state index in [4.69, 9.17) is 16.2 Å². The maximum atomic E-state index is 13.9. The zero-order chi connectivity index (χ0) is 29.0. The predicted octanol–water partition coefficient (Wildman–Crippen LogP) is 3.56. The van der Waals surface area contributed by atoms with E-state index in [1.165, 1.54) is 6.42 Å². The van der Waals surface area contributed by atoms with Crippen LogP contribution in [0.25, 0.3) is 0 Å². The van der Waals surface area contributed by atoms with Gasteiger partial charge in [0, 0.05) is 12.3 Å². The molecule has 1 aliphatic carbocycles. The molecule has 7 N–H and O–H groups in total. The highest BCUT2D eigenvalue weighted by Crippen LogP contribution is 2.31. The van der Waals surface area contributed by atoms with E-state index >= 15 is 0 Å². The zero-order valence-corrected chi connectivity index (χ0v) is 24.2. The second kappa shape index (κ2) is 15.9. The van der Waals surface area contributed by atoms with Crippen molar-refractivity contribution in [3.8, 4) is 0 Å². The van der Waals surface area contributed by atoms with Crippen molar-refractivity contribution in [2.24, 2.45) is 23.3 Å². The number of ether oxygens (including phenoxy) is 1. The summed E-state index contributed by atoms with van der Waals surface area (Å²) in [6.45, 7) is 7.25. The maximum absolute atomic E-state index is 13.9. The molecule has 0 aromatic heterocycles. The second-order valence-corrected chi connectivity index (χ2v) is 11.9. The first-order chi connectivity index (χ1) is 18.4.